The average Bonchev–Trinajstić information content (AvgIpc) is 2.68. The average molecular weight is 254 g/mol. The maximum atomic E-state index is 11.7. The summed E-state index contributed by atoms with van der Waals surface area (Å²) in [6.07, 6.45) is 2.10. The van der Waals surface area contributed by atoms with Crippen LogP contribution in [0.15, 0.2) is 4.52 Å². The molecule has 0 saturated heterocycles. The lowest BCUT2D eigenvalue weighted by molar-refractivity contribution is -0.116. The number of anilines is 1. The molecule has 6 heteroatoms. The highest BCUT2D eigenvalue weighted by molar-refractivity contribution is 6.00. The van der Waals surface area contributed by atoms with Crippen LogP contribution in [0.25, 0.3) is 0 Å². The van der Waals surface area contributed by atoms with E-state index in [0.717, 1.165) is 12.8 Å². The van der Waals surface area contributed by atoms with E-state index in [0.29, 0.717) is 12.1 Å². The van der Waals surface area contributed by atoms with Crippen molar-refractivity contribution in [1.29, 1.82) is 0 Å². The van der Waals surface area contributed by atoms with E-state index in [-0.39, 0.29) is 24.0 Å². The van der Waals surface area contributed by atoms with Crippen molar-refractivity contribution in [3.8, 4) is 0 Å². The van der Waals surface area contributed by atoms with E-state index in [1.54, 1.807) is 13.8 Å². The number of carbonyl (C=O) groups excluding carboxylic acids is 2. The number of aryl methyl sites for hydroxylation is 1. The third-order valence-electron chi connectivity index (χ3n) is 2.35. The molecule has 0 atom stereocenters. The summed E-state index contributed by atoms with van der Waals surface area (Å²) in [4.78, 5) is 23.2. The van der Waals surface area contributed by atoms with Crippen LogP contribution in [-0.4, -0.2) is 23.6 Å². The Labute approximate surface area is 106 Å². The second-order valence-corrected chi connectivity index (χ2v) is 3.84. The lowest BCUT2D eigenvalue weighted by atomic mass is 10.2. The summed E-state index contributed by atoms with van der Waals surface area (Å²) in [7, 11) is 0. The molecule has 1 rings (SSSR count). The zero-order valence-electron chi connectivity index (χ0n) is 10.9. The molecule has 0 saturated carbocycles. The quantitative estimate of drug-likeness (QED) is 0.787. The van der Waals surface area contributed by atoms with Crippen LogP contribution in [0.4, 0.5) is 5.88 Å². The van der Waals surface area contributed by atoms with Gasteiger partial charge in [0.15, 0.2) is 0 Å². The summed E-state index contributed by atoms with van der Waals surface area (Å²) in [5.74, 6) is -0.673. The van der Waals surface area contributed by atoms with Gasteiger partial charge in [0.2, 0.25) is 11.8 Å². The van der Waals surface area contributed by atoms with E-state index in [9.17, 15) is 9.59 Å². The Morgan fingerprint density at radius 1 is 1.39 bits per heavy atom. The van der Waals surface area contributed by atoms with Gasteiger partial charge in [-0.05, 0) is 20.3 Å². The number of rotatable bonds is 6. The van der Waals surface area contributed by atoms with Gasteiger partial charge < -0.3 is 9.26 Å². The van der Waals surface area contributed by atoms with Gasteiger partial charge in [-0.2, -0.15) is 0 Å². The molecule has 100 valence electrons. The largest absolute Gasteiger partial charge is 0.462 e. The van der Waals surface area contributed by atoms with Crippen molar-refractivity contribution in [3.05, 3.63) is 11.3 Å². The number of hydrogen-bond donors (Lipinski definition) is 1. The van der Waals surface area contributed by atoms with Gasteiger partial charge in [-0.15, -0.1) is 0 Å². The number of nitrogens with zero attached hydrogens (tertiary/aromatic N) is 1. The Balaban J connectivity index is 2.77. The summed E-state index contributed by atoms with van der Waals surface area (Å²) in [5, 5.41) is 6.20. The smallest absolute Gasteiger partial charge is 0.345 e. The standard InChI is InChI=1S/C12H18N2O4/c1-4-6-7-9(15)13-11-10(8(3)14-18-11)12(16)17-5-2/h4-7H2,1-3H3,(H,13,15). The van der Waals surface area contributed by atoms with E-state index >= 15 is 0 Å². The van der Waals surface area contributed by atoms with Crippen molar-refractivity contribution < 1.29 is 18.8 Å². The van der Waals surface area contributed by atoms with Crippen molar-refractivity contribution >= 4 is 17.8 Å². The molecule has 6 nitrogen and oxygen atoms in total. The summed E-state index contributed by atoms with van der Waals surface area (Å²) in [6, 6.07) is 0. The molecule has 1 aromatic rings. The van der Waals surface area contributed by atoms with Crippen LogP contribution >= 0.6 is 0 Å². The maximum absolute atomic E-state index is 11.7. The summed E-state index contributed by atoms with van der Waals surface area (Å²) >= 11 is 0. The van der Waals surface area contributed by atoms with Gasteiger partial charge in [-0.3, -0.25) is 10.1 Å². The maximum Gasteiger partial charge on any atom is 0.345 e. The van der Waals surface area contributed by atoms with Crippen LogP contribution in [0.2, 0.25) is 0 Å². The Hall–Kier alpha value is -1.85. The monoisotopic (exact) mass is 254 g/mol. The lowest BCUT2D eigenvalue weighted by Crippen LogP contribution is -2.14. The number of unbranched alkanes of at least 4 members (excludes halogenated alkanes) is 1. The molecule has 18 heavy (non-hydrogen) atoms. The normalized spacial score (nSPS) is 10.2. The van der Waals surface area contributed by atoms with E-state index in [4.69, 9.17) is 9.26 Å². The van der Waals surface area contributed by atoms with Crippen LogP contribution in [0, 0.1) is 6.92 Å². The Morgan fingerprint density at radius 3 is 2.72 bits per heavy atom. The van der Waals surface area contributed by atoms with Gasteiger partial charge in [0.1, 0.15) is 5.56 Å². The molecule has 1 N–H and O–H groups in total. The minimum Gasteiger partial charge on any atom is -0.462 e. The summed E-state index contributed by atoms with van der Waals surface area (Å²) < 4.78 is 9.81. The zero-order valence-corrected chi connectivity index (χ0v) is 10.9. The number of nitrogens with one attached hydrogen (secondary N) is 1. The molecule has 0 aliphatic carbocycles. The highest BCUT2D eigenvalue weighted by Crippen LogP contribution is 2.20. The third kappa shape index (κ3) is 3.58. The molecular formula is C12H18N2O4. The van der Waals surface area contributed by atoms with Crippen LogP contribution < -0.4 is 5.32 Å². The second-order valence-electron chi connectivity index (χ2n) is 3.84. The second kappa shape index (κ2) is 6.78. The van der Waals surface area contributed by atoms with Crippen LogP contribution in [0.1, 0.15) is 49.2 Å². The number of aromatic nitrogens is 1. The number of carbonyl (C=O) groups is 2. The zero-order chi connectivity index (χ0) is 13.5. The first-order valence-electron chi connectivity index (χ1n) is 6.03. The first-order chi connectivity index (χ1) is 8.60. The van der Waals surface area contributed by atoms with Crippen molar-refractivity contribution in [3.63, 3.8) is 0 Å². The number of esters is 1. The number of amides is 1. The third-order valence-corrected chi connectivity index (χ3v) is 2.35. The Morgan fingerprint density at radius 2 is 2.11 bits per heavy atom. The van der Waals surface area contributed by atoms with Gasteiger partial charge >= 0.3 is 5.97 Å². The van der Waals surface area contributed by atoms with E-state index < -0.39 is 5.97 Å². The fourth-order valence-corrected chi connectivity index (χ4v) is 1.43. The fraction of sp³-hybridized carbons (Fsp3) is 0.583. The molecule has 0 radical (unpaired) electrons. The molecule has 0 aromatic carbocycles. The molecule has 0 spiro atoms. The van der Waals surface area contributed by atoms with Gasteiger partial charge in [-0.1, -0.05) is 18.5 Å². The first-order valence-corrected chi connectivity index (χ1v) is 6.03. The Kier molecular flexibility index (Phi) is 5.35. The molecule has 1 heterocycles. The first kappa shape index (κ1) is 14.2. The van der Waals surface area contributed by atoms with Gasteiger partial charge in [0, 0.05) is 6.42 Å². The highest BCUT2D eigenvalue weighted by atomic mass is 16.5. The lowest BCUT2D eigenvalue weighted by Gasteiger charge is -2.04. The molecule has 0 unspecified atom stereocenters. The van der Waals surface area contributed by atoms with Crippen molar-refractivity contribution in [2.24, 2.45) is 0 Å². The molecular weight excluding hydrogens is 236 g/mol. The minimum atomic E-state index is -0.540. The van der Waals surface area contributed by atoms with Crippen molar-refractivity contribution in [1.82, 2.24) is 5.16 Å². The minimum absolute atomic E-state index is 0.0621. The van der Waals surface area contributed by atoms with Gasteiger partial charge in [-0.25, -0.2) is 4.79 Å². The van der Waals surface area contributed by atoms with Crippen LogP contribution in [0.3, 0.4) is 0 Å². The van der Waals surface area contributed by atoms with E-state index in [2.05, 4.69) is 10.5 Å². The van der Waals surface area contributed by atoms with E-state index in [1.807, 2.05) is 6.92 Å². The number of hydrogen-bond acceptors (Lipinski definition) is 5. The molecule has 0 fully saturated rings. The molecule has 0 aliphatic heterocycles. The molecule has 1 aromatic heterocycles. The van der Waals surface area contributed by atoms with Gasteiger partial charge in [0.25, 0.3) is 0 Å². The molecule has 0 aliphatic rings. The van der Waals surface area contributed by atoms with Crippen LogP contribution in [-0.2, 0) is 9.53 Å². The van der Waals surface area contributed by atoms with Gasteiger partial charge in [0.05, 0.1) is 12.3 Å². The molecule has 1 amide bonds. The highest BCUT2D eigenvalue weighted by Gasteiger charge is 2.22. The Bertz CT molecular complexity index is 426. The van der Waals surface area contributed by atoms with Crippen LogP contribution in [0.5, 0.6) is 0 Å². The van der Waals surface area contributed by atoms with E-state index in [1.165, 1.54) is 0 Å². The summed E-state index contributed by atoms with van der Waals surface area (Å²) in [5.41, 5.74) is 0.584. The van der Waals surface area contributed by atoms with Crippen molar-refractivity contribution in [2.75, 3.05) is 11.9 Å². The predicted molar refractivity (Wildman–Crippen MR) is 65.4 cm³/mol. The fourth-order valence-electron chi connectivity index (χ4n) is 1.43. The number of ether oxygens (including phenoxy) is 1. The predicted octanol–water partition coefficient (Wildman–Crippen LogP) is 2.29. The SMILES string of the molecule is CCCCC(=O)Nc1onc(C)c1C(=O)OCC. The topological polar surface area (TPSA) is 81.4 Å². The molecule has 0 bridgehead atoms. The van der Waals surface area contributed by atoms with Crippen molar-refractivity contribution in [2.45, 2.75) is 40.0 Å². The summed E-state index contributed by atoms with van der Waals surface area (Å²) in [6.45, 7) is 5.58.